The number of aryl methyl sites for hydroxylation is 1. The average molecular weight is 294 g/mol. The van der Waals surface area contributed by atoms with Gasteiger partial charge in [-0.15, -0.1) is 0 Å². The van der Waals surface area contributed by atoms with Crippen LogP contribution in [0, 0.1) is 12.7 Å². The maximum absolute atomic E-state index is 13.1. The Morgan fingerprint density at radius 2 is 2.00 bits per heavy atom. The third kappa shape index (κ3) is 3.30. The molecule has 0 saturated carbocycles. The number of methoxy groups -OCH3 is 1. The van der Waals surface area contributed by atoms with Crippen molar-refractivity contribution in [1.82, 2.24) is 0 Å². The van der Waals surface area contributed by atoms with E-state index in [1.807, 2.05) is 25.1 Å². The highest BCUT2D eigenvalue weighted by atomic mass is 35.5. The minimum atomic E-state index is -0.416. The molecular weight excluding hydrogens is 277 g/mol. The van der Waals surface area contributed by atoms with E-state index in [1.165, 1.54) is 6.07 Å². The summed E-state index contributed by atoms with van der Waals surface area (Å²) in [6, 6.07) is 10.4. The van der Waals surface area contributed by atoms with Crippen molar-refractivity contribution in [3.63, 3.8) is 0 Å². The topological polar surface area (TPSA) is 35.2 Å². The van der Waals surface area contributed by atoms with Crippen LogP contribution >= 0.6 is 11.6 Å². The quantitative estimate of drug-likeness (QED) is 0.923. The first-order chi connectivity index (χ1) is 9.51. The molecule has 20 heavy (non-hydrogen) atoms. The van der Waals surface area contributed by atoms with Crippen molar-refractivity contribution < 1.29 is 9.13 Å². The molecule has 0 amide bonds. The van der Waals surface area contributed by atoms with E-state index in [4.69, 9.17) is 22.1 Å². The molecule has 0 aliphatic carbocycles. The number of rotatable bonds is 4. The third-order valence-electron chi connectivity index (χ3n) is 3.30. The van der Waals surface area contributed by atoms with Crippen LogP contribution in [0.4, 0.5) is 4.39 Å². The van der Waals surface area contributed by atoms with E-state index in [-0.39, 0.29) is 11.1 Å². The first kappa shape index (κ1) is 14.8. The van der Waals surface area contributed by atoms with Crippen LogP contribution in [0.2, 0.25) is 5.02 Å². The van der Waals surface area contributed by atoms with Gasteiger partial charge in [0.2, 0.25) is 0 Å². The Hall–Kier alpha value is -1.58. The number of halogens is 2. The van der Waals surface area contributed by atoms with Crippen LogP contribution in [0.1, 0.15) is 22.7 Å². The monoisotopic (exact) mass is 293 g/mol. The normalized spacial score (nSPS) is 12.2. The van der Waals surface area contributed by atoms with Crippen molar-refractivity contribution in [3.8, 4) is 5.75 Å². The summed E-state index contributed by atoms with van der Waals surface area (Å²) in [5.41, 5.74) is 9.15. The lowest BCUT2D eigenvalue weighted by Gasteiger charge is -2.15. The predicted octanol–water partition coefficient (Wildman–Crippen LogP) is 4.04. The van der Waals surface area contributed by atoms with Crippen molar-refractivity contribution >= 4 is 11.6 Å². The molecule has 0 heterocycles. The van der Waals surface area contributed by atoms with Gasteiger partial charge in [-0.3, -0.25) is 0 Å². The zero-order chi connectivity index (χ0) is 14.7. The van der Waals surface area contributed by atoms with Gasteiger partial charge in [0.15, 0.2) is 0 Å². The first-order valence-electron chi connectivity index (χ1n) is 6.35. The van der Waals surface area contributed by atoms with Gasteiger partial charge < -0.3 is 10.5 Å². The lowest BCUT2D eigenvalue weighted by atomic mass is 9.98. The average Bonchev–Trinajstić information content (AvgIpc) is 2.43. The number of hydrogen-bond acceptors (Lipinski definition) is 2. The summed E-state index contributed by atoms with van der Waals surface area (Å²) in [5, 5.41) is 0.121. The standard InChI is InChI=1S/C16H17ClFNO/c1-10-3-5-12(9-16(10)20-2)15(19)8-11-4-6-14(18)13(17)7-11/h3-7,9,15H,8,19H2,1-2H3. The fraction of sp³-hybridized carbons (Fsp3) is 0.250. The van der Waals surface area contributed by atoms with Crippen molar-refractivity contribution in [1.29, 1.82) is 0 Å². The molecular formula is C16H17ClFNO. The minimum absolute atomic E-state index is 0.121. The number of hydrogen-bond donors (Lipinski definition) is 1. The van der Waals surface area contributed by atoms with Crippen LogP contribution in [-0.4, -0.2) is 7.11 Å². The van der Waals surface area contributed by atoms with E-state index in [9.17, 15) is 4.39 Å². The summed E-state index contributed by atoms with van der Waals surface area (Å²) in [6.45, 7) is 1.98. The Morgan fingerprint density at radius 1 is 1.25 bits per heavy atom. The highest BCUT2D eigenvalue weighted by Gasteiger charge is 2.11. The molecule has 0 saturated heterocycles. The first-order valence-corrected chi connectivity index (χ1v) is 6.73. The van der Waals surface area contributed by atoms with Crippen LogP contribution < -0.4 is 10.5 Å². The van der Waals surface area contributed by atoms with Gasteiger partial charge in [-0.05, 0) is 48.2 Å². The molecule has 0 bridgehead atoms. The van der Waals surface area contributed by atoms with Crippen LogP contribution in [0.25, 0.3) is 0 Å². The van der Waals surface area contributed by atoms with Gasteiger partial charge in [-0.1, -0.05) is 29.8 Å². The smallest absolute Gasteiger partial charge is 0.141 e. The Morgan fingerprint density at radius 3 is 2.65 bits per heavy atom. The van der Waals surface area contributed by atoms with Crippen molar-refractivity contribution in [3.05, 3.63) is 63.9 Å². The predicted molar refractivity (Wildman–Crippen MR) is 79.8 cm³/mol. The largest absolute Gasteiger partial charge is 0.496 e. The molecule has 2 N–H and O–H groups in total. The van der Waals surface area contributed by atoms with Crippen LogP contribution in [0.3, 0.4) is 0 Å². The minimum Gasteiger partial charge on any atom is -0.496 e. The van der Waals surface area contributed by atoms with Gasteiger partial charge in [0.05, 0.1) is 12.1 Å². The summed E-state index contributed by atoms with van der Waals surface area (Å²) in [6.07, 6.45) is 0.589. The molecule has 2 aromatic carbocycles. The lowest BCUT2D eigenvalue weighted by Crippen LogP contribution is -2.13. The van der Waals surface area contributed by atoms with E-state index in [0.29, 0.717) is 6.42 Å². The molecule has 0 fully saturated rings. The van der Waals surface area contributed by atoms with Crippen molar-refractivity contribution in [2.24, 2.45) is 5.73 Å². The number of ether oxygens (including phenoxy) is 1. The number of benzene rings is 2. The fourth-order valence-corrected chi connectivity index (χ4v) is 2.31. The molecule has 106 valence electrons. The maximum atomic E-state index is 13.1. The summed E-state index contributed by atoms with van der Waals surface area (Å²) in [7, 11) is 1.64. The van der Waals surface area contributed by atoms with E-state index in [1.54, 1.807) is 19.2 Å². The highest BCUT2D eigenvalue weighted by molar-refractivity contribution is 6.30. The van der Waals surface area contributed by atoms with Crippen LogP contribution in [0.5, 0.6) is 5.75 Å². The Labute approximate surface area is 123 Å². The molecule has 2 rings (SSSR count). The Balaban J connectivity index is 2.19. The molecule has 0 radical (unpaired) electrons. The van der Waals surface area contributed by atoms with Gasteiger partial charge in [0.1, 0.15) is 11.6 Å². The number of nitrogens with two attached hydrogens (primary N) is 1. The van der Waals surface area contributed by atoms with Crippen molar-refractivity contribution in [2.45, 2.75) is 19.4 Å². The maximum Gasteiger partial charge on any atom is 0.141 e. The van der Waals surface area contributed by atoms with E-state index in [2.05, 4.69) is 0 Å². The van der Waals surface area contributed by atoms with Gasteiger partial charge >= 0.3 is 0 Å². The van der Waals surface area contributed by atoms with Gasteiger partial charge in [-0.2, -0.15) is 0 Å². The second kappa shape index (κ2) is 6.25. The molecule has 0 aliphatic heterocycles. The zero-order valence-corrected chi connectivity index (χ0v) is 12.2. The molecule has 1 atom stereocenters. The van der Waals surface area contributed by atoms with Gasteiger partial charge in [0.25, 0.3) is 0 Å². The summed E-state index contributed by atoms with van der Waals surface area (Å²) < 4.78 is 18.4. The second-order valence-corrected chi connectivity index (χ2v) is 5.20. The van der Waals surface area contributed by atoms with Gasteiger partial charge in [-0.25, -0.2) is 4.39 Å². The SMILES string of the molecule is COc1cc(C(N)Cc2ccc(F)c(Cl)c2)ccc1C. The molecule has 0 aromatic heterocycles. The van der Waals surface area contributed by atoms with Gasteiger partial charge in [0, 0.05) is 6.04 Å². The second-order valence-electron chi connectivity index (χ2n) is 4.79. The summed E-state index contributed by atoms with van der Waals surface area (Å²) in [5.74, 6) is 0.399. The summed E-state index contributed by atoms with van der Waals surface area (Å²) >= 11 is 5.78. The molecule has 0 spiro atoms. The van der Waals surface area contributed by atoms with E-state index in [0.717, 1.165) is 22.4 Å². The lowest BCUT2D eigenvalue weighted by molar-refractivity contribution is 0.410. The van der Waals surface area contributed by atoms with Crippen LogP contribution in [0.15, 0.2) is 36.4 Å². The third-order valence-corrected chi connectivity index (χ3v) is 3.59. The van der Waals surface area contributed by atoms with E-state index >= 15 is 0 Å². The molecule has 2 nitrogen and oxygen atoms in total. The molecule has 1 unspecified atom stereocenters. The molecule has 4 heteroatoms. The van der Waals surface area contributed by atoms with Crippen LogP contribution in [-0.2, 0) is 6.42 Å². The zero-order valence-electron chi connectivity index (χ0n) is 11.5. The fourth-order valence-electron chi connectivity index (χ4n) is 2.11. The Kier molecular flexibility index (Phi) is 4.63. The molecule has 0 aliphatic rings. The summed E-state index contributed by atoms with van der Waals surface area (Å²) in [4.78, 5) is 0. The van der Waals surface area contributed by atoms with E-state index < -0.39 is 5.82 Å². The Bertz CT molecular complexity index is 615. The molecule has 2 aromatic rings. The van der Waals surface area contributed by atoms with Crippen molar-refractivity contribution in [2.75, 3.05) is 7.11 Å². The highest BCUT2D eigenvalue weighted by Crippen LogP contribution is 2.25.